The number of benzene rings is 3. The molecule has 0 aliphatic heterocycles. The molecule has 220 valence electrons. The molecule has 42 heavy (non-hydrogen) atoms. The molecule has 3 aromatic carbocycles. The van der Waals surface area contributed by atoms with Gasteiger partial charge in [0.15, 0.2) is 0 Å². The van der Waals surface area contributed by atoms with Crippen molar-refractivity contribution in [3.63, 3.8) is 0 Å². The zero-order valence-corrected chi connectivity index (χ0v) is 25.0. The number of ether oxygens (including phenoxy) is 1. The van der Waals surface area contributed by atoms with Crippen LogP contribution in [0, 0.1) is 13.8 Å². The number of aromatic nitrogens is 1. The lowest BCUT2D eigenvalue weighted by atomic mass is 10.0. The number of methoxy groups -OCH3 is 1. The first-order valence-corrected chi connectivity index (χ1v) is 15.4. The summed E-state index contributed by atoms with van der Waals surface area (Å²) in [6.45, 7) is 4.08. The van der Waals surface area contributed by atoms with Crippen LogP contribution < -0.4 is 15.4 Å². The van der Waals surface area contributed by atoms with E-state index < -0.39 is 34.4 Å². The van der Waals surface area contributed by atoms with Crippen molar-refractivity contribution in [2.24, 2.45) is 0 Å². The zero-order valence-electron chi connectivity index (χ0n) is 23.3. The summed E-state index contributed by atoms with van der Waals surface area (Å²) in [6, 6.07) is 20.4. The van der Waals surface area contributed by atoms with Crippen molar-refractivity contribution in [3.8, 4) is 11.3 Å². The fourth-order valence-corrected chi connectivity index (χ4v) is 5.62. The third kappa shape index (κ3) is 8.62. The molecular formula is C30H32N4O6S2. The van der Waals surface area contributed by atoms with Gasteiger partial charge in [-0.2, -0.15) is 8.42 Å². The quantitative estimate of drug-likeness (QED) is 0.175. The summed E-state index contributed by atoms with van der Waals surface area (Å²) in [5.41, 5.74) is 5.89. The summed E-state index contributed by atoms with van der Waals surface area (Å²) >= 11 is 1.41. The molecule has 0 saturated carbocycles. The molecule has 2 amide bonds. The number of hydrogen-bond acceptors (Lipinski definition) is 7. The normalized spacial score (nSPS) is 12.7. The molecule has 4 rings (SSSR count). The number of aryl methyl sites for hydroxylation is 2. The molecule has 0 fully saturated rings. The average molecular weight is 609 g/mol. The first-order valence-electron chi connectivity index (χ1n) is 13.1. The monoisotopic (exact) mass is 608 g/mol. The Bertz CT molecular complexity index is 1640. The predicted octanol–water partition coefficient (Wildman–Crippen LogP) is 5.01. The molecule has 4 aromatic rings. The van der Waals surface area contributed by atoms with Crippen molar-refractivity contribution in [1.82, 2.24) is 15.6 Å². The van der Waals surface area contributed by atoms with E-state index in [9.17, 15) is 18.0 Å². The van der Waals surface area contributed by atoms with Gasteiger partial charge in [0.25, 0.3) is 0 Å². The highest BCUT2D eigenvalue weighted by molar-refractivity contribution is 7.87. The van der Waals surface area contributed by atoms with Gasteiger partial charge < -0.3 is 15.4 Å². The Kier molecular flexibility index (Phi) is 9.94. The summed E-state index contributed by atoms with van der Waals surface area (Å²) in [5, 5.41) is 8.28. The summed E-state index contributed by atoms with van der Waals surface area (Å²) in [6.07, 6.45) is -0.152. The maximum Gasteiger partial charge on any atom is 0.407 e. The van der Waals surface area contributed by atoms with Gasteiger partial charge in [-0.3, -0.25) is 14.1 Å². The molecule has 4 N–H and O–H groups in total. The van der Waals surface area contributed by atoms with Crippen molar-refractivity contribution >= 4 is 39.3 Å². The lowest BCUT2D eigenvalue weighted by Crippen LogP contribution is -2.49. The van der Waals surface area contributed by atoms with Crippen LogP contribution in [0.25, 0.3) is 11.3 Å². The van der Waals surface area contributed by atoms with Crippen molar-refractivity contribution in [2.75, 3.05) is 11.8 Å². The zero-order chi connectivity index (χ0) is 30.3. The number of carbonyl (C=O) groups is 2. The third-order valence-corrected chi connectivity index (χ3v) is 8.11. The molecule has 0 bridgehead atoms. The molecule has 1 aromatic heterocycles. The SMILES string of the molecule is COC(=O)N[C@@H](Cc1ccccc1)C(=O)N[C@@H](Cc1ccc(NS(=O)(=O)O)cc1)c1nc(-c2ccc(C)c(C)c2)cs1. The Morgan fingerprint density at radius 1 is 0.929 bits per heavy atom. The average Bonchev–Trinajstić information content (AvgIpc) is 3.45. The Balaban J connectivity index is 1.63. The minimum absolute atomic E-state index is 0.193. The van der Waals surface area contributed by atoms with Crippen molar-refractivity contribution in [1.29, 1.82) is 0 Å². The van der Waals surface area contributed by atoms with E-state index in [0.717, 1.165) is 27.9 Å². The summed E-state index contributed by atoms with van der Waals surface area (Å²) < 4.78 is 38.2. The molecule has 0 saturated heterocycles. The largest absolute Gasteiger partial charge is 0.453 e. The Hall–Kier alpha value is -4.26. The van der Waals surface area contributed by atoms with Gasteiger partial charge in [-0.15, -0.1) is 11.3 Å². The first-order chi connectivity index (χ1) is 20.0. The van der Waals surface area contributed by atoms with Gasteiger partial charge in [-0.1, -0.05) is 54.6 Å². The molecule has 0 radical (unpaired) electrons. The summed E-state index contributed by atoms with van der Waals surface area (Å²) in [5.74, 6) is -0.415. The van der Waals surface area contributed by atoms with Crippen LogP contribution in [-0.4, -0.2) is 43.1 Å². The summed E-state index contributed by atoms with van der Waals surface area (Å²) in [7, 11) is -3.17. The molecular weight excluding hydrogens is 576 g/mol. The molecule has 10 nitrogen and oxygen atoms in total. The lowest BCUT2D eigenvalue weighted by Gasteiger charge is -2.22. The van der Waals surface area contributed by atoms with E-state index in [1.54, 1.807) is 12.1 Å². The molecule has 0 spiro atoms. The topological polar surface area (TPSA) is 147 Å². The Morgan fingerprint density at radius 3 is 2.26 bits per heavy atom. The standard InChI is InChI=1S/C30H32N4O6S2/c1-19-9-12-23(15-20(19)2)27-18-41-29(32-27)26(17-22-10-13-24(14-11-22)34-42(37,38)39)31-28(35)25(33-30(36)40-3)16-21-7-5-4-6-8-21/h4-15,18,25-26,34H,16-17H2,1-3H3,(H,31,35)(H,33,36)(H,37,38,39)/t25-,26-/m0/s1. The van der Waals surface area contributed by atoms with Crippen LogP contribution in [0.4, 0.5) is 10.5 Å². The van der Waals surface area contributed by atoms with E-state index in [-0.39, 0.29) is 12.1 Å². The van der Waals surface area contributed by atoms with Gasteiger partial charge in [0.1, 0.15) is 11.0 Å². The highest BCUT2D eigenvalue weighted by Crippen LogP contribution is 2.29. The number of anilines is 1. The highest BCUT2D eigenvalue weighted by Gasteiger charge is 2.27. The molecule has 12 heteroatoms. The van der Waals surface area contributed by atoms with E-state index in [1.807, 2.05) is 66.4 Å². The highest BCUT2D eigenvalue weighted by atomic mass is 32.2. The second kappa shape index (κ2) is 13.6. The number of thiazole rings is 1. The fourth-order valence-electron chi connectivity index (χ4n) is 4.31. The van der Waals surface area contributed by atoms with Crippen LogP contribution in [0.3, 0.4) is 0 Å². The van der Waals surface area contributed by atoms with Gasteiger partial charge in [0.2, 0.25) is 5.91 Å². The second-order valence-electron chi connectivity index (χ2n) is 9.79. The number of amides is 2. The molecule has 1 heterocycles. The molecule has 2 atom stereocenters. The van der Waals surface area contributed by atoms with Crippen molar-refractivity contribution in [3.05, 3.63) is 105 Å². The number of carbonyl (C=O) groups excluding carboxylic acids is 2. The number of nitrogens with zero attached hydrogens (tertiary/aromatic N) is 1. The second-order valence-corrected chi connectivity index (χ2v) is 11.8. The van der Waals surface area contributed by atoms with Crippen molar-refractivity contribution < 1.29 is 27.3 Å². The third-order valence-electron chi connectivity index (χ3n) is 6.66. The maximum absolute atomic E-state index is 13.6. The number of alkyl carbamates (subject to hydrolysis) is 1. The minimum atomic E-state index is -4.41. The smallest absolute Gasteiger partial charge is 0.407 e. The number of nitrogens with one attached hydrogen (secondary N) is 3. The Labute approximate surface area is 249 Å². The van der Waals surface area contributed by atoms with E-state index >= 15 is 0 Å². The lowest BCUT2D eigenvalue weighted by molar-refractivity contribution is -0.123. The number of rotatable bonds is 11. The Morgan fingerprint density at radius 2 is 1.62 bits per heavy atom. The number of hydrogen-bond donors (Lipinski definition) is 4. The van der Waals surface area contributed by atoms with Crippen LogP contribution in [-0.2, 0) is 32.7 Å². The minimum Gasteiger partial charge on any atom is -0.453 e. The van der Waals surface area contributed by atoms with Crippen LogP contribution in [0.15, 0.2) is 78.2 Å². The van der Waals surface area contributed by atoms with Crippen molar-refractivity contribution in [2.45, 2.75) is 38.8 Å². The molecule has 0 aliphatic rings. The van der Waals surface area contributed by atoms with Crippen LogP contribution in [0.2, 0.25) is 0 Å². The van der Waals surface area contributed by atoms with E-state index in [1.165, 1.54) is 36.1 Å². The van der Waals surface area contributed by atoms with Crippen LogP contribution in [0.5, 0.6) is 0 Å². The molecule has 0 aliphatic carbocycles. The first kappa shape index (κ1) is 30.7. The van der Waals surface area contributed by atoms with Gasteiger partial charge in [-0.25, -0.2) is 9.78 Å². The van der Waals surface area contributed by atoms with Gasteiger partial charge in [0.05, 0.1) is 24.5 Å². The predicted molar refractivity (Wildman–Crippen MR) is 163 cm³/mol. The summed E-state index contributed by atoms with van der Waals surface area (Å²) in [4.78, 5) is 30.6. The van der Waals surface area contributed by atoms with Gasteiger partial charge in [0, 0.05) is 17.4 Å². The van der Waals surface area contributed by atoms with Gasteiger partial charge in [-0.05, 0) is 60.7 Å². The fraction of sp³-hybridized carbons (Fsp3) is 0.233. The van der Waals surface area contributed by atoms with Gasteiger partial charge >= 0.3 is 16.4 Å². The maximum atomic E-state index is 13.6. The van der Waals surface area contributed by atoms with Crippen LogP contribution in [0.1, 0.15) is 33.3 Å². The van der Waals surface area contributed by atoms with E-state index in [4.69, 9.17) is 14.3 Å². The van der Waals surface area contributed by atoms with E-state index in [0.29, 0.717) is 11.4 Å². The molecule has 0 unspecified atom stereocenters. The van der Waals surface area contributed by atoms with Crippen LogP contribution >= 0.6 is 11.3 Å². The van der Waals surface area contributed by atoms with E-state index in [2.05, 4.69) is 16.7 Å².